The average Bonchev–Trinajstić information content (AvgIpc) is 3.38. The lowest BCUT2D eigenvalue weighted by Gasteiger charge is -2.14. The van der Waals surface area contributed by atoms with Crippen LogP contribution in [0.3, 0.4) is 0 Å². The van der Waals surface area contributed by atoms with Crippen LogP contribution >= 0.6 is 22.9 Å². The van der Waals surface area contributed by atoms with E-state index in [9.17, 15) is 14.4 Å². The molecule has 1 saturated heterocycles. The van der Waals surface area contributed by atoms with Gasteiger partial charge in [-0.3, -0.25) is 9.69 Å². The minimum absolute atomic E-state index is 0.0752. The van der Waals surface area contributed by atoms with Crippen LogP contribution in [0.15, 0.2) is 36.4 Å². The summed E-state index contributed by atoms with van der Waals surface area (Å²) in [5.74, 6) is -0.638. The lowest BCUT2D eigenvalue weighted by molar-refractivity contribution is -0.148. The van der Waals surface area contributed by atoms with E-state index in [4.69, 9.17) is 25.8 Å². The zero-order valence-corrected chi connectivity index (χ0v) is 19.0. The predicted octanol–water partition coefficient (Wildman–Crippen LogP) is 3.15. The molecule has 3 rings (SSSR count). The van der Waals surface area contributed by atoms with Crippen molar-refractivity contribution in [1.29, 1.82) is 0 Å². The standard InChI is InChI=1S/C21H24ClN3O6S/c1-2-30-19(26)13-29-10-9-23-14-3-5-15(6-4-14)25-12-16(31-21(25)28)11-24-20(27)17-7-8-18(22)32-17/h3-8,16,23H,2,9-13H2,1H3,(H,24,27)/t16-/m0/s1. The van der Waals surface area contributed by atoms with E-state index in [2.05, 4.69) is 10.6 Å². The lowest BCUT2D eigenvalue weighted by atomic mass is 10.2. The summed E-state index contributed by atoms with van der Waals surface area (Å²) in [5.41, 5.74) is 1.54. The fraction of sp³-hybridized carbons (Fsp3) is 0.381. The Bertz CT molecular complexity index is 936. The summed E-state index contributed by atoms with van der Waals surface area (Å²) in [7, 11) is 0. The minimum atomic E-state index is -0.462. The first-order valence-corrected chi connectivity index (χ1v) is 11.2. The fourth-order valence-corrected chi connectivity index (χ4v) is 3.91. The smallest absolute Gasteiger partial charge is 0.414 e. The van der Waals surface area contributed by atoms with Crippen molar-refractivity contribution in [2.45, 2.75) is 13.0 Å². The van der Waals surface area contributed by atoms with E-state index in [0.717, 1.165) is 5.69 Å². The molecule has 0 bridgehead atoms. The zero-order valence-electron chi connectivity index (χ0n) is 17.5. The third-order valence-electron chi connectivity index (χ3n) is 4.44. The highest BCUT2D eigenvalue weighted by molar-refractivity contribution is 7.18. The van der Waals surface area contributed by atoms with Crippen molar-refractivity contribution in [3.63, 3.8) is 0 Å². The second-order valence-corrected chi connectivity index (χ2v) is 8.48. The van der Waals surface area contributed by atoms with E-state index >= 15 is 0 Å². The molecule has 2 amide bonds. The Labute approximate surface area is 194 Å². The summed E-state index contributed by atoms with van der Waals surface area (Å²) >= 11 is 7.04. The largest absolute Gasteiger partial charge is 0.464 e. The Morgan fingerprint density at radius 1 is 1.25 bits per heavy atom. The number of thiophene rings is 1. The maximum absolute atomic E-state index is 12.2. The topological polar surface area (TPSA) is 106 Å². The number of carbonyl (C=O) groups excluding carboxylic acids is 3. The number of nitrogens with zero attached hydrogens (tertiary/aromatic N) is 1. The molecule has 0 spiro atoms. The van der Waals surface area contributed by atoms with Crippen LogP contribution in [0.25, 0.3) is 0 Å². The van der Waals surface area contributed by atoms with Crippen LogP contribution in [0.4, 0.5) is 16.2 Å². The number of hydrogen-bond acceptors (Lipinski definition) is 8. The van der Waals surface area contributed by atoms with Crippen molar-refractivity contribution in [1.82, 2.24) is 5.32 Å². The van der Waals surface area contributed by atoms with E-state index in [0.29, 0.717) is 41.2 Å². The molecule has 2 aromatic rings. The number of esters is 1. The number of ether oxygens (including phenoxy) is 3. The summed E-state index contributed by atoms with van der Waals surface area (Å²) in [4.78, 5) is 37.6. The van der Waals surface area contributed by atoms with Crippen molar-refractivity contribution < 1.29 is 28.6 Å². The maximum atomic E-state index is 12.2. The van der Waals surface area contributed by atoms with Gasteiger partial charge in [0.25, 0.3) is 5.91 Å². The van der Waals surface area contributed by atoms with Gasteiger partial charge in [0.05, 0.1) is 35.5 Å². The number of rotatable bonds is 11. The summed E-state index contributed by atoms with van der Waals surface area (Å²) in [6, 6.07) is 10.6. The molecule has 0 unspecified atom stereocenters. The highest BCUT2D eigenvalue weighted by atomic mass is 35.5. The summed E-state index contributed by atoms with van der Waals surface area (Å²) < 4.78 is 15.9. The number of nitrogens with one attached hydrogen (secondary N) is 2. The normalized spacial score (nSPS) is 15.4. The van der Waals surface area contributed by atoms with E-state index in [1.165, 1.54) is 16.2 Å². The van der Waals surface area contributed by atoms with Gasteiger partial charge in [0.2, 0.25) is 0 Å². The first kappa shape index (κ1) is 23.8. The third kappa shape index (κ3) is 6.84. The van der Waals surface area contributed by atoms with Gasteiger partial charge in [-0.15, -0.1) is 11.3 Å². The van der Waals surface area contributed by atoms with Crippen molar-refractivity contribution in [2.75, 3.05) is 49.7 Å². The molecule has 9 nitrogen and oxygen atoms in total. The van der Waals surface area contributed by atoms with E-state index in [1.54, 1.807) is 31.2 Å². The maximum Gasteiger partial charge on any atom is 0.414 e. The molecule has 1 aromatic carbocycles. The molecule has 0 radical (unpaired) electrons. The Morgan fingerprint density at radius 3 is 2.72 bits per heavy atom. The lowest BCUT2D eigenvalue weighted by Crippen LogP contribution is -2.34. The zero-order chi connectivity index (χ0) is 22.9. The van der Waals surface area contributed by atoms with Gasteiger partial charge in [-0.25, -0.2) is 9.59 Å². The molecule has 32 heavy (non-hydrogen) atoms. The number of cyclic esters (lactones) is 1. The molecule has 2 N–H and O–H groups in total. The van der Waals surface area contributed by atoms with Crippen LogP contribution in [-0.2, 0) is 19.0 Å². The van der Waals surface area contributed by atoms with Crippen LogP contribution in [0.1, 0.15) is 16.6 Å². The van der Waals surface area contributed by atoms with E-state index in [1.807, 2.05) is 12.1 Å². The van der Waals surface area contributed by atoms with Gasteiger partial charge in [-0.1, -0.05) is 11.6 Å². The Hall–Kier alpha value is -2.82. The summed E-state index contributed by atoms with van der Waals surface area (Å²) in [6.45, 7) is 3.41. The van der Waals surface area contributed by atoms with E-state index < -0.39 is 12.2 Å². The average molecular weight is 482 g/mol. The molecule has 1 aliphatic rings. The number of hydrogen-bond donors (Lipinski definition) is 2. The first-order chi connectivity index (χ1) is 15.5. The Balaban J connectivity index is 1.41. The van der Waals surface area contributed by atoms with Crippen LogP contribution in [-0.4, -0.2) is 63.5 Å². The van der Waals surface area contributed by atoms with Crippen molar-refractivity contribution in [3.8, 4) is 0 Å². The highest BCUT2D eigenvalue weighted by Crippen LogP contribution is 2.24. The van der Waals surface area contributed by atoms with Gasteiger partial charge in [0.15, 0.2) is 0 Å². The molecular weight excluding hydrogens is 458 g/mol. The van der Waals surface area contributed by atoms with Gasteiger partial charge in [-0.05, 0) is 43.3 Å². The van der Waals surface area contributed by atoms with E-state index in [-0.39, 0.29) is 25.0 Å². The summed E-state index contributed by atoms with van der Waals surface area (Å²) in [5, 5.41) is 5.93. The number of halogens is 1. The van der Waals surface area contributed by atoms with Gasteiger partial charge < -0.3 is 24.8 Å². The third-order valence-corrected chi connectivity index (χ3v) is 5.67. The van der Waals surface area contributed by atoms with Gasteiger partial charge >= 0.3 is 12.1 Å². The SMILES string of the molecule is CCOC(=O)COCCNc1ccc(N2C[C@H](CNC(=O)c3ccc(Cl)s3)OC2=O)cc1. The van der Waals surface area contributed by atoms with Crippen LogP contribution in [0, 0.1) is 0 Å². The molecule has 1 atom stereocenters. The molecule has 172 valence electrons. The molecule has 1 fully saturated rings. The molecule has 0 saturated carbocycles. The van der Waals surface area contributed by atoms with Crippen LogP contribution in [0.5, 0.6) is 0 Å². The molecule has 0 aliphatic carbocycles. The Morgan fingerprint density at radius 2 is 2.03 bits per heavy atom. The van der Waals surface area contributed by atoms with Crippen molar-refractivity contribution >= 4 is 52.3 Å². The summed E-state index contributed by atoms with van der Waals surface area (Å²) in [6.07, 6.45) is -0.910. The quantitative estimate of drug-likeness (QED) is 0.375. The predicted molar refractivity (Wildman–Crippen MR) is 122 cm³/mol. The van der Waals surface area contributed by atoms with Gasteiger partial charge in [-0.2, -0.15) is 0 Å². The minimum Gasteiger partial charge on any atom is -0.464 e. The number of benzene rings is 1. The fourth-order valence-electron chi connectivity index (χ4n) is 2.95. The van der Waals surface area contributed by atoms with Crippen molar-refractivity contribution in [3.05, 3.63) is 45.6 Å². The monoisotopic (exact) mass is 481 g/mol. The number of anilines is 2. The Kier molecular flexibility index (Phi) is 8.72. The molecule has 11 heteroatoms. The number of carbonyl (C=O) groups is 3. The number of amides is 2. The molecule has 1 aliphatic heterocycles. The second kappa shape index (κ2) is 11.7. The highest BCUT2D eigenvalue weighted by Gasteiger charge is 2.32. The van der Waals surface area contributed by atoms with Crippen molar-refractivity contribution in [2.24, 2.45) is 0 Å². The van der Waals surface area contributed by atoms with Crippen LogP contribution in [0.2, 0.25) is 4.34 Å². The molecule has 1 aromatic heterocycles. The molecule has 2 heterocycles. The first-order valence-electron chi connectivity index (χ1n) is 10.0. The van der Waals surface area contributed by atoms with Gasteiger partial charge in [0.1, 0.15) is 12.7 Å². The second-order valence-electron chi connectivity index (χ2n) is 6.76. The van der Waals surface area contributed by atoms with Gasteiger partial charge in [0, 0.05) is 17.9 Å². The molecular formula is C21H24ClN3O6S. The van der Waals surface area contributed by atoms with Crippen LogP contribution < -0.4 is 15.5 Å².